The van der Waals surface area contributed by atoms with Crippen LogP contribution in [0.2, 0.25) is 0 Å². The highest BCUT2D eigenvalue weighted by Gasteiger charge is 2.25. The summed E-state index contributed by atoms with van der Waals surface area (Å²) >= 11 is 0. The maximum atomic E-state index is 14.2. The molecule has 1 aliphatic heterocycles. The molecule has 0 saturated carbocycles. The Bertz CT molecular complexity index is 536. The first-order valence-corrected chi connectivity index (χ1v) is 7.10. The Balaban J connectivity index is 2.09. The molecule has 1 saturated heterocycles. The standard InChI is InChI=1S/C14H19FN4O2/c1-2-6-16-12-11(15)9(5-8-17-12)13(20)19-10-4-3-7-18-14(10)21/h5,8,10H,2-4,6-7H2,1H3,(H,16,17)(H,18,21)(H,19,20). The number of nitrogens with zero attached hydrogens (tertiary/aromatic N) is 1. The van der Waals surface area contributed by atoms with Gasteiger partial charge in [-0.15, -0.1) is 0 Å². The number of anilines is 1. The van der Waals surface area contributed by atoms with Crippen LogP contribution in [0.25, 0.3) is 0 Å². The molecule has 0 spiro atoms. The van der Waals surface area contributed by atoms with Crippen molar-refractivity contribution >= 4 is 17.6 Å². The summed E-state index contributed by atoms with van der Waals surface area (Å²) in [6.45, 7) is 3.13. The van der Waals surface area contributed by atoms with E-state index in [2.05, 4.69) is 20.9 Å². The minimum absolute atomic E-state index is 0.0533. The smallest absolute Gasteiger partial charge is 0.255 e. The number of piperidine rings is 1. The molecule has 1 unspecified atom stereocenters. The molecule has 1 fully saturated rings. The molecule has 2 rings (SSSR count). The Hall–Kier alpha value is -2.18. The van der Waals surface area contributed by atoms with E-state index in [-0.39, 0.29) is 17.3 Å². The molecule has 2 heterocycles. The molecule has 7 heteroatoms. The Morgan fingerprint density at radius 1 is 1.57 bits per heavy atom. The second-order valence-electron chi connectivity index (χ2n) is 4.91. The second kappa shape index (κ2) is 7.01. The molecule has 1 aliphatic rings. The van der Waals surface area contributed by atoms with Gasteiger partial charge in [0.05, 0.1) is 5.56 Å². The van der Waals surface area contributed by atoms with Gasteiger partial charge in [-0.05, 0) is 25.3 Å². The Morgan fingerprint density at radius 3 is 3.10 bits per heavy atom. The topological polar surface area (TPSA) is 83.1 Å². The van der Waals surface area contributed by atoms with Crippen LogP contribution in [0.1, 0.15) is 36.5 Å². The number of amides is 2. The third-order valence-electron chi connectivity index (χ3n) is 3.27. The van der Waals surface area contributed by atoms with Crippen LogP contribution in [0.15, 0.2) is 12.3 Å². The molecule has 1 atom stereocenters. The minimum atomic E-state index is -0.695. The van der Waals surface area contributed by atoms with Crippen molar-refractivity contribution in [1.82, 2.24) is 15.6 Å². The summed E-state index contributed by atoms with van der Waals surface area (Å²) in [6.07, 6.45) is 3.54. The molecule has 3 N–H and O–H groups in total. The molecule has 0 aromatic carbocycles. The van der Waals surface area contributed by atoms with Gasteiger partial charge in [0.2, 0.25) is 5.91 Å². The number of hydrogen-bond acceptors (Lipinski definition) is 4. The van der Waals surface area contributed by atoms with Crippen LogP contribution in [0.3, 0.4) is 0 Å². The predicted molar refractivity (Wildman–Crippen MR) is 76.5 cm³/mol. The Kier molecular flexibility index (Phi) is 5.08. The van der Waals surface area contributed by atoms with Crippen molar-refractivity contribution in [2.24, 2.45) is 0 Å². The van der Waals surface area contributed by atoms with Crippen LogP contribution in [-0.4, -0.2) is 35.9 Å². The van der Waals surface area contributed by atoms with E-state index in [1.165, 1.54) is 12.3 Å². The zero-order valence-corrected chi connectivity index (χ0v) is 11.9. The summed E-state index contributed by atoms with van der Waals surface area (Å²) in [5.74, 6) is -1.47. The van der Waals surface area contributed by atoms with E-state index < -0.39 is 17.8 Å². The normalized spacial score (nSPS) is 18.0. The average molecular weight is 294 g/mol. The number of nitrogens with one attached hydrogen (secondary N) is 3. The summed E-state index contributed by atoms with van der Waals surface area (Å²) in [7, 11) is 0. The van der Waals surface area contributed by atoms with Gasteiger partial charge in [0, 0.05) is 19.3 Å². The fourth-order valence-corrected chi connectivity index (χ4v) is 2.13. The molecule has 2 amide bonds. The van der Waals surface area contributed by atoms with E-state index in [1.807, 2.05) is 6.92 Å². The quantitative estimate of drug-likeness (QED) is 0.758. The first-order chi connectivity index (χ1) is 10.1. The molecule has 114 valence electrons. The monoisotopic (exact) mass is 294 g/mol. The predicted octanol–water partition coefficient (Wildman–Crippen LogP) is 1.05. The molecule has 0 bridgehead atoms. The zero-order chi connectivity index (χ0) is 15.2. The van der Waals surface area contributed by atoms with Gasteiger partial charge in [-0.1, -0.05) is 6.92 Å². The highest BCUT2D eigenvalue weighted by molar-refractivity contribution is 5.98. The molecule has 0 aliphatic carbocycles. The van der Waals surface area contributed by atoms with E-state index >= 15 is 0 Å². The van der Waals surface area contributed by atoms with Crippen LogP contribution in [0, 0.1) is 5.82 Å². The van der Waals surface area contributed by atoms with Gasteiger partial charge in [-0.25, -0.2) is 9.37 Å². The number of halogens is 1. The summed E-state index contributed by atoms with van der Waals surface area (Å²) < 4.78 is 14.2. The van der Waals surface area contributed by atoms with Gasteiger partial charge in [0.15, 0.2) is 11.6 Å². The van der Waals surface area contributed by atoms with E-state index in [4.69, 9.17) is 0 Å². The van der Waals surface area contributed by atoms with Gasteiger partial charge in [0.25, 0.3) is 5.91 Å². The molecular formula is C14H19FN4O2. The minimum Gasteiger partial charge on any atom is -0.368 e. The largest absolute Gasteiger partial charge is 0.368 e. The van der Waals surface area contributed by atoms with Crippen molar-refractivity contribution in [3.63, 3.8) is 0 Å². The molecule has 21 heavy (non-hydrogen) atoms. The summed E-state index contributed by atoms with van der Waals surface area (Å²) in [5.41, 5.74) is -0.109. The third kappa shape index (κ3) is 3.68. The van der Waals surface area contributed by atoms with Crippen LogP contribution in [-0.2, 0) is 4.79 Å². The van der Waals surface area contributed by atoms with Crippen molar-refractivity contribution < 1.29 is 14.0 Å². The van der Waals surface area contributed by atoms with Crippen LogP contribution >= 0.6 is 0 Å². The maximum absolute atomic E-state index is 14.2. The SMILES string of the molecule is CCCNc1nccc(C(=O)NC2CCCNC2=O)c1F. The lowest BCUT2D eigenvalue weighted by Crippen LogP contribution is -2.50. The van der Waals surface area contributed by atoms with Crippen LogP contribution in [0.5, 0.6) is 0 Å². The van der Waals surface area contributed by atoms with Crippen LogP contribution in [0.4, 0.5) is 10.2 Å². The number of rotatable bonds is 5. The van der Waals surface area contributed by atoms with E-state index in [1.54, 1.807) is 0 Å². The zero-order valence-electron chi connectivity index (χ0n) is 11.9. The van der Waals surface area contributed by atoms with Crippen molar-refractivity contribution in [3.05, 3.63) is 23.6 Å². The van der Waals surface area contributed by atoms with Crippen molar-refractivity contribution in [1.29, 1.82) is 0 Å². The van der Waals surface area contributed by atoms with Crippen LogP contribution < -0.4 is 16.0 Å². The lowest BCUT2D eigenvalue weighted by Gasteiger charge is -2.22. The van der Waals surface area contributed by atoms with Gasteiger partial charge < -0.3 is 16.0 Å². The second-order valence-corrected chi connectivity index (χ2v) is 4.91. The molecule has 0 radical (unpaired) electrons. The Labute approximate surface area is 122 Å². The fraction of sp³-hybridized carbons (Fsp3) is 0.500. The summed E-state index contributed by atoms with van der Waals surface area (Å²) in [4.78, 5) is 27.6. The first kappa shape index (κ1) is 15.2. The number of hydrogen-bond donors (Lipinski definition) is 3. The lowest BCUT2D eigenvalue weighted by atomic mass is 10.1. The number of aromatic nitrogens is 1. The first-order valence-electron chi connectivity index (χ1n) is 7.10. The van der Waals surface area contributed by atoms with E-state index in [0.29, 0.717) is 19.5 Å². The Morgan fingerprint density at radius 2 is 2.38 bits per heavy atom. The van der Waals surface area contributed by atoms with Crippen molar-refractivity contribution in [3.8, 4) is 0 Å². The maximum Gasteiger partial charge on any atom is 0.255 e. The van der Waals surface area contributed by atoms with Gasteiger partial charge in [-0.2, -0.15) is 0 Å². The number of carbonyl (C=O) groups is 2. The third-order valence-corrected chi connectivity index (χ3v) is 3.27. The highest BCUT2D eigenvalue weighted by atomic mass is 19.1. The summed E-state index contributed by atoms with van der Waals surface area (Å²) in [5, 5.41) is 8.06. The van der Waals surface area contributed by atoms with Gasteiger partial charge >= 0.3 is 0 Å². The van der Waals surface area contributed by atoms with Gasteiger partial charge in [0.1, 0.15) is 6.04 Å². The molecule has 1 aromatic rings. The number of carbonyl (C=O) groups excluding carboxylic acids is 2. The van der Waals surface area contributed by atoms with Gasteiger partial charge in [-0.3, -0.25) is 9.59 Å². The van der Waals surface area contributed by atoms with Crippen molar-refractivity contribution in [2.45, 2.75) is 32.2 Å². The lowest BCUT2D eigenvalue weighted by molar-refractivity contribution is -0.124. The average Bonchev–Trinajstić information content (AvgIpc) is 2.48. The van der Waals surface area contributed by atoms with E-state index in [9.17, 15) is 14.0 Å². The molecule has 1 aromatic heterocycles. The van der Waals surface area contributed by atoms with Crippen molar-refractivity contribution in [2.75, 3.05) is 18.4 Å². The van der Waals surface area contributed by atoms with E-state index in [0.717, 1.165) is 12.8 Å². The fourth-order valence-electron chi connectivity index (χ4n) is 2.13. The molecular weight excluding hydrogens is 275 g/mol. The number of pyridine rings is 1. The summed E-state index contributed by atoms with van der Waals surface area (Å²) in [6, 6.07) is 0.702. The highest BCUT2D eigenvalue weighted by Crippen LogP contribution is 2.15. The molecule has 6 nitrogen and oxygen atoms in total.